The van der Waals surface area contributed by atoms with Crippen LogP contribution in [0.15, 0.2) is 4.79 Å². The third kappa shape index (κ3) is 2.44. The van der Waals surface area contributed by atoms with Crippen LogP contribution in [0.3, 0.4) is 0 Å². The van der Waals surface area contributed by atoms with Crippen molar-refractivity contribution >= 4 is 0 Å². The molecule has 1 aromatic rings. The highest BCUT2D eigenvalue weighted by molar-refractivity contribution is 5.21. The molecule has 1 heterocycles. The van der Waals surface area contributed by atoms with Gasteiger partial charge in [0.05, 0.1) is 11.7 Å². The molecule has 1 aromatic heterocycles. The van der Waals surface area contributed by atoms with Crippen molar-refractivity contribution in [3.8, 4) is 0 Å². The van der Waals surface area contributed by atoms with Gasteiger partial charge in [0.1, 0.15) is 5.82 Å². The Labute approximate surface area is 113 Å². The highest BCUT2D eigenvalue weighted by Crippen LogP contribution is 2.41. The van der Waals surface area contributed by atoms with E-state index in [0.29, 0.717) is 11.4 Å². The number of aliphatic hydroxyl groups is 1. The Morgan fingerprint density at radius 1 is 1.47 bits per heavy atom. The van der Waals surface area contributed by atoms with E-state index in [2.05, 4.69) is 15.3 Å². The van der Waals surface area contributed by atoms with E-state index in [9.17, 15) is 9.90 Å². The predicted octanol–water partition coefficient (Wildman–Crippen LogP) is 1.20. The Morgan fingerprint density at radius 3 is 2.58 bits per heavy atom. The molecular formula is C14H23N3O2. The second kappa shape index (κ2) is 4.72. The van der Waals surface area contributed by atoms with E-state index in [4.69, 9.17) is 0 Å². The molecule has 0 saturated heterocycles. The maximum Gasteiger partial charge on any atom is 0.255 e. The number of H-pyrrole nitrogens is 1. The molecule has 2 rings (SSSR count). The van der Waals surface area contributed by atoms with Gasteiger partial charge in [0.25, 0.3) is 5.56 Å². The third-order valence-electron chi connectivity index (χ3n) is 4.36. The number of hydrogen-bond donors (Lipinski definition) is 3. The topological polar surface area (TPSA) is 78.0 Å². The van der Waals surface area contributed by atoms with Crippen LogP contribution in [0.4, 0.5) is 0 Å². The molecule has 1 saturated carbocycles. The number of rotatable bonds is 3. The molecule has 106 valence electrons. The Bertz CT molecular complexity index is 536. The van der Waals surface area contributed by atoms with Crippen LogP contribution in [0.1, 0.15) is 50.3 Å². The predicted molar refractivity (Wildman–Crippen MR) is 74.1 cm³/mol. The van der Waals surface area contributed by atoms with Crippen molar-refractivity contribution in [1.29, 1.82) is 0 Å². The minimum absolute atomic E-state index is 0.0753. The first-order chi connectivity index (χ1) is 8.73. The molecule has 0 aliphatic heterocycles. The van der Waals surface area contributed by atoms with Crippen molar-refractivity contribution < 1.29 is 5.11 Å². The lowest BCUT2D eigenvalue weighted by atomic mass is 9.64. The van der Waals surface area contributed by atoms with E-state index in [1.807, 2.05) is 27.7 Å². The molecule has 5 heteroatoms. The minimum atomic E-state index is -0.271. The summed E-state index contributed by atoms with van der Waals surface area (Å²) in [6.45, 7) is 9.68. The fourth-order valence-electron chi connectivity index (χ4n) is 2.82. The van der Waals surface area contributed by atoms with Crippen molar-refractivity contribution in [2.45, 2.75) is 59.2 Å². The van der Waals surface area contributed by atoms with E-state index in [1.54, 1.807) is 6.92 Å². The molecule has 1 fully saturated rings. The van der Waals surface area contributed by atoms with E-state index < -0.39 is 0 Å². The van der Waals surface area contributed by atoms with Crippen molar-refractivity contribution in [3.05, 3.63) is 27.4 Å². The number of nitrogens with zero attached hydrogens (tertiary/aromatic N) is 1. The molecule has 3 atom stereocenters. The van der Waals surface area contributed by atoms with Gasteiger partial charge in [-0.1, -0.05) is 13.8 Å². The van der Waals surface area contributed by atoms with Crippen LogP contribution in [-0.4, -0.2) is 27.2 Å². The standard InChI is InChI=1S/C14H23N3O2/c1-7-12(13(19)17-9(3)15-7)8(2)16-10-6-11(18)14(10,4)5/h8,10-11,16,18H,6H2,1-5H3,(H,15,17,19). The Hall–Kier alpha value is -1.20. The molecule has 0 bridgehead atoms. The summed E-state index contributed by atoms with van der Waals surface area (Å²) in [5.74, 6) is 0.637. The van der Waals surface area contributed by atoms with Gasteiger partial charge >= 0.3 is 0 Å². The Morgan fingerprint density at radius 2 is 2.11 bits per heavy atom. The largest absolute Gasteiger partial charge is 0.392 e. The third-order valence-corrected chi connectivity index (χ3v) is 4.36. The molecule has 1 aliphatic rings. The monoisotopic (exact) mass is 265 g/mol. The number of aryl methyl sites for hydroxylation is 2. The van der Waals surface area contributed by atoms with Gasteiger partial charge in [-0.15, -0.1) is 0 Å². The van der Waals surface area contributed by atoms with Crippen LogP contribution >= 0.6 is 0 Å². The molecule has 0 radical (unpaired) electrons. The zero-order valence-electron chi connectivity index (χ0n) is 12.2. The summed E-state index contributed by atoms with van der Waals surface area (Å²) in [7, 11) is 0. The summed E-state index contributed by atoms with van der Waals surface area (Å²) in [5, 5.41) is 13.2. The zero-order valence-corrected chi connectivity index (χ0v) is 12.2. The van der Waals surface area contributed by atoms with Crippen LogP contribution in [-0.2, 0) is 0 Å². The summed E-state index contributed by atoms with van der Waals surface area (Å²) in [6, 6.07) is 0.145. The minimum Gasteiger partial charge on any atom is -0.392 e. The molecule has 0 aromatic carbocycles. The maximum absolute atomic E-state index is 12.0. The zero-order chi connectivity index (χ0) is 14.4. The second-order valence-corrected chi connectivity index (χ2v) is 6.16. The molecule has 1 aliphatic carbocycles. The van der Waals surface area contributed by atoms with Gasteiger partial charge in [0.15, 0.2) is 0 Å². The van der Waals surface area contributed by atoms with E-state index in [0.717, 1.165) is 12.1 Å². The first-order valence-corrected chi connectivity index (χ1v) is 6.75. The highest BCUT2D eigenvalue weighted by atomic mass is 16.3. The fourth-order valence-corrected chi connectivity index (χ4v) is 2.82. The van der Waals surface area contributed by atoms with Crippen LogP contribution in [0.25, 0.3) is 0 Å². The second-order valence-electron chi connectivity index (χ2n) is 6.16. The Balaban J connectivity index is 2.18. The summed E-state index contributed by atoms with van der Waals surface area (Å²) >= 11 is 0. The van der Waals surface area contributed by atoms with Crippen LogP contribution < -0.4 is 10.9 Å². The van der Waals surface area contributed by atoms with Gasteiger partial charge in [-0.05, 0) is 27.2 Å². The normalized spacial score (nSPS) is 26.8. The first-order valence-electron chi connectivity index (χ1n) is 6.75. The Kier molecular flexibility index (Phi) is 3.53. The van der Waals surface area contributed by atoms with Crippen LogP contribution in [0, 0.1) is 19.3 Å². The van der Waals surface area contributed by atoms with Crippen molar-refractivity contribution in [1.82, 2.24) is 15.3 Å². The lowest BCUT2D eigenvalue weighted by Gasteiger charge is -2.50. The first kappa shape index (κ1) is 14.2. The van der Waals surface area contributed by atoms with Gasteiger partial charge < -0.3 is 15.4 Å². The quantitative estimate of drug-likeness (QED) is 0.767. The summed E-state index contributed by atoms with van der Waals surface area (Å²) in [6.07, 6.45) is 0.459. The highest BCUT2D eigenvalue weighted by Gasteiger charge is 2.47. The van der Waals surface area contributed by atoms with Gasteiger partial charge in [-0.25, -0.2) is 4.98 Å². The SMILES string of the molecule is Cc1nc(C)c(C(C)NC2CC(O)C2(C)C)c(=O)[nH]1. The molecule has 19 heavy (non-hydrogen) atoms. The average Bonchev–Trinajstić information content (AvgIpc) is 2.27. The summed E-state index contributed by atoms with van der Waals surface area (Å²) < 4.78 is 0. The fraction of sp³-hybridized carbons (Fsp3) is 0.714. The maximum atomic E-state index is 12.0. The van der Waals surface area contributed by atoms with Gasteiger partial charge in [-0.2, -0.15) is 0 Å². The molecule has 0 spiro atoms. The lowest BCUT2D eigenvalue weighted by molar-refractivity contribution is -0.0755. The molecule has 5 nitrogen and oxygen atoms in total. The number of nitrogens with one attached hydrogen (secondary N) is 2. The summed E-state index contributed by atoms with van der Waals surface area (Å²) in [4.78, 5) is 19.1. The van der Waals surface area contributed by atoms with Crippen molar-refractivity contribution in [3.63, 3.8) is 0 Å². The number of hydrogen-bond acceptors (Lipinski definition) is 4. The average molecular weight is 265 g/mol. The molecule has 0 amide bonds. The summed E-state index contributed by atoms with van der Waals surface area (Å²) in [5.41, 5.74) is 1.22. The van der Waals surface area contributed by atoms with Gasteiger partial charge in [0, 0.05) is 23.2 Å². The lowest BCUT2D eigenvalue weighted by Crippen LogP contribution is -2.60. The van der Waals surface area contributed by atoms with Crippen molar-refractivity contribution in [2.24, 2.45) is 5.41 Å². The van der Waals surface area contributed by atoms with E-state index in [-0.39, 0.29) is 29.2 Å². The number of aromatic nitrogens is 2. The van der Waals surface area contributed by atoms with Gasteiger partial charge in [-0.3, -0.25) is 4.79 Å². The van der Waals surface area contributed by atoms with Crippen LogP contribution in [0.2, 0.25) is 0 Å². The molecular weight excluding hydrogens is 242 g/mol. The number of aromatic amines is 1. The van der Waals surface area contributed by atoms with Crippen molar-refractivity contribution in [2.75, 3.05) is 0 Å². The van der Waals surface area contributed by atoms with E-state index >= 15 is 0 Å². The smallest absolute Gasteiger partial charge is 0.255 e. The number of aliphatic hydroxyl groups excluding tert-OH is 1. The van der Waals surface area contributed by atoms with E-state index in [1.165, 1.54) is 0 Å². The van der Waals surface area contributed by atoms with Crippen LogP contribution in [0.5, 0.6) is 0 Å². The molecule has 3 N–H and O–H groups in total. The van der Waals surface area contributed by atoms with Gasteiger partial charge in [0.2, 0.25) is 0 Å². The molecule has 3 unspecified atom stereocenters.